The zero-order valence-corrected chi connectivity index (χ0v) is 12.2. The quantitative estimate of drug-likeness (QED) is 0.918. The Hall–Kier alpha value is -2.56. The van der Waals surface area contributed by atoms with Gasteiger partial charge in [-0.05, 0) is 42.8 Å². The summed E-state index contributed by atoms with van der Waals surface area (Å²) in [5.41, 5.74) is 1.73. The molecule has 1 aromatic heterocycles. The van der Waals surface area contributed by atoms with Crippen molar-refractivity contribution in [2.75, 3.05) is 19.0 Å². The molecule has 0 saturated heterocycles. The van der Waals surface area contributed by atoms with Crippen LogP contribution < -0.4 is 10.1 Å². The lowest BCUT2D eigenvalue weighted by molar-refractivity contribution is 0.220. The Morgan fingerprint density at radius 3 is 2.67 bits per heavy atom. The minimum Gasteiger partial charge on any atom is -0.494 e. The summed E-state index contributed by atoms with van der Waals surface area (Å²) in [5.74, 6) is 0.791. The Labute approximate surface area is 124 Å². The lowest BCUT2D eigenvalue weighted by Crippen LogP contribution is -2.30. The molecule has 5 nitrogen and oxygen atoms in total. The third-order valence-electron chi connectivity index (χ3n) is 2.91. The fourth-order valence-electron chi connectivity index (χ4n) is 1.86. The molecule has 1 heterocycles. The van der Waals surface area contributed by atoms with E-state index in [1.165, 1.54) is 0 Å². The fourth-order valence-corrected chi connectivity index (χ4v) is 1.86. The normalized spacial score (nSPS) is 10.0. The molecule has 1 aromatic carbocycles. The minimum atomic E-state index is -0.164. The summed E-state index contributed by atoms with van der Waals surface area (Å²) in [6.45, 7) is 3.07. The lowest BCUT2D eigenvalue weighted by Gasteiger charge is -2.18. The van der Waals surface area contributed by atoms with E-state index in [0.29, 0.717) is 13.2 Å². The molecule has 0 fully saturated rings. The van der Waals surface area contributed by atoms with Gasteiger partial charge in [-0.25, -0.2) is 4.79 Å². The van der Waals surface area contributed by atoms with Gasteiger partial charge in [-0.1, -0.05) is 6.07 Å². The van der Waals surface area contributed by atoms with Gasteiger partial charge in [-0.3, -0.25) is 4.98 Å². The van der Waals surface area contributed by atoms with E-state index in [9.17, 15) is 4.79 Å². The summed E-state index contributed by atoms with van der Waals surface area (Å²) >= 11 is 0. The van der Waals surface area contributed by atoms with E-state index in [2.05, 4.69) is 10.3 Å². The monoisotopic (exact) mass is 285 g/mol. The number of aromatic nitrogens is 1. The highest BCUT2D eigenvalue weighted by molar-refractivity contribution is 5.89. The number of carbonyl (C=O) groups excluding carboxylic acids is 1. The van der Waals surface area contributed by atoms with Gasteiger partial charge in [0.05, 0.1) is 6.61 Å². The van der Waals surface area contributed by atoms with Crippen molar-refractivity contribution in [3.05, 3.63) is 54.4 Å². The molecule has 1 N–H and O–H groups in total. The van der Waals surface area contributed by atoms with Crippen molar-refractivity contribution >= 4 is 11.7 Å². The molecule has 2 rings (SSSR count). The predicted molar refractivity (Wildman–Crippen MR) is 82.3 cm³/mol. The SMILES string of the molecule is CCOc1ccc(NC(=O)N(C)Cc2cccnc2)cc1. The second-order valence-corrected chi connectivity index (χ2v) is 4.60. The maximum Gasteiger partial charge on any atom is 0.321 e. The van der Waals surface area contributed by atoms with Crippen LogP contribution in [0.25, 0.3) is 0 Å². The number of carbonyl (C=O) groups is 1. The number of amides is 2. The molecule has 0 bridgehead atoms. The minimum absolute atomic E-state index is 0.164. The van der Waals surface area contributed by atoms with Crippen LogP contribution in [0.1, 0.15) is 12.5 Å². The van der Waals surface area contributed by atoms with Crippen molar-refractivity contribution in [2.24, 2.45) is 0 Å². The van der Waals surface area contributed by atoms with Crippen molar-refractivity contribution in [1.29, 1.82) is 0 Å². The molecule has 0 aliphatic rings. The summed E-state index contributed by atoms with van der Waals surface area (Å²) in [6, 6.07) is 10.9. The number of benzene rings is 1. The fraction of sp³-hybridized carbons (Fsp3) is 0.250. The first-order valence-electron chi connectivity index (χ1n) is 6.83. The summed E-state index contributed by atoms with van der Waals surface area (Å²) in [4.78, 5) is 17.7. The van der Waals surface area contributed by atoms with Gasteiger partial charge in [0, 0.05) is 31.7 Å². The van der Waals surface area contributed by atoms with Crippen LogP contribution in [0.5, 0.6) is 5.75 Å². The van der Waals surface area contributed by atoms with E-state index in [1.54, 1.807) is 24.3 Å². The Morgan fingerprint density at radius 1 is 1.29 bits per heavy atom. The standard InChI is InChI=1S/C16H19N3O2/c1-3-21-15-8-6-14(7-9-15)18-16(20)19(2)12-13-5-4-10-17-11-13/h4-11H,3,12H2,1-2H3,(H,18,20). The summed E-state index contributed by atoms with van der Waals surface area (Å²) in [5, 5.41) is 2.84. The number of hydrogen-bond donors (Lipinski definition) is 1. The number of nitrogens with zero attached hydrogens (tertiary/aromatic N) is 2. The number of hydrogen-bond acceptors (Lipinski definition) is 3. The van der Waals surface area contributed by atoms with Crippen molar-refractivity contribution in [2.45, 2.75) is 13.5 Å². The maximum absolute atomic E-state index is 12.1. The summed E-state index contributed by atoms with van der Waals surface area (Å²) in [7, 11) is 1.75. The third-order valence-corrected chi connectivity index (χ3v) is 2.91. The molecule has 0 spiro atoms. The molecule has 2 amide bonds. The van der Waals surface area contributed by atoms with Gasteiger partial charge < -0.3 is 15.0 Å². The first-order chi connectivity index (χ1) is 10.2. The van der Waals surface area contributed by atoms with Crippen LogP contribution in [0.2, 0.25) is 0 Å². The molecule has 0 aliphatic heterocycles. The largest absolute Gasteiger partial charge is 0.494 e. The van der Waals surface area contributed by atoms with Crippen molar-refractivity contribution in [3.8, 4) is 5.75 Å². The molecule has 110 valence electrons. The van der Waals surface area contributed by atoms with Gasteiger partial charge in [0.25, 0.3) is 0 Å². The maximum atomic E-state index is 12.1. The van der Waals surface area contributed by atoms with Crippen LogP contribution in [-0.2, 0) is 6.54 Å². The molecule has 2 aromatic rings. The predicted octanol–water partition coefficient (Wildman–Crippen LogP) is 3.14. The van der Waals surface area contributed by atoms with E-state index < -0.39 is 0 Å². The smallest absolute Gasteiger partial charge is 0.321 e. The zero-order valence-electron chi connectivity index (χ0n) is 12.2. The number of ether oxygens (including phenoxy) is 1. The molecule has 0 unspecified atom stereocenters. The van der Waals surface area contributed by atoms with Gasteiger partial charge in [-0.15, -0.1) is 0 Å². The molecule has 0 aliphatic carbocycles. The highest BCUT2D eigenvalue weighted by atomic mass is 16.5. The summed E-state index contributed by atoms with van der Waals surface area (Å²) in [6.07, 6.45) is 3.46. The van der Waals surface area contributed by atoms with Gasteiger partial charge in [0.1, 0.15) is 5.75 Å². The van der Waals surface area contributed by atoms with Gasteiger partial charge in [-0.2, -0.15) is 0 Å². The number of nitrogens with one attached hydrogen (secondary N) is 1. The van der Waals surface area contributed by atoms with Crippen molar-refractivity contribution in [3.63, 3.8) is 0 Å². The summed E-state index contributed by atoms with van der Waals surface area (Å²) < 4.78 is 5.36. The van der Waals surface area contributed by atoms with Crippen LogP contribution >= 0.6 is 0 Å². The lowest BCUT2D eigenvalue weighted by atomic mass is 10.3. The first-order valence-corrected chi connectivity index (χ1v) is 6.83. The molecule has 0 saturated carbocycles. The van der Waals surface area contributed by atoms with Crippen molar-refractivity contribution in [1.82, 2.24) is 9.88 Å². The van der Waals surface area contributed by atoms with E-state index in [0.717, 1.165) is 17.0 Å². The number of rotatable bonds is 5. The molecule has 21 heavy (non-hydrogen) atoms. The Balaban J connectivity index is 1.91. The van der Waals surface area contributed by atoms with Gasteiger partial charge in [0.2, 0.25) is 0 Å². The van der Waals surface area contributed by atoms with E-state index >= 15 is 0 Å². The molecular weight excluding hydrogens is 266 g/mol. The van der Waals surface area contributed by atoms with E-state index in [4.69, 9.17) is 4.74 Å². The zero-order chi connectivity index (χ0) is 15.1. The second-order valence-electron chi connectivity index (χ2n) is 4.60. The second kappa shape index (κ2) is 7.28. The van der Waals surface area contributed by atoms with Crippen LogP contribution in [0.4, 0.5) is 10.5 Å². The highest BCUT2D eigenvalue weighted by Gasteiger charge is 2.09. The average Bonchev–Trinajstić information content (AvgIpc) is 2.50. The Kier molecular flexibility index (Phi) is 5.15. The van der Waals surface area contributed by atoms with Crippen molar-refractivity contribution < 1.29 is 9.53 Å². The first kappa shape index (κ1) is 14.8. The third kappa shape index (κ3) is 4.49. The average molecular weight is 285 g/mol. The highest BCUT2D eigenvalue weighted by Crippen LogP contribution is 2.16. The topological polar surface area (TPSA) is 54.5 Å². The Morgan fingerprint density at radius 2 is 2.05 bits per heavy atom. The van der Waals surface area contributed by atoms with Gasteiger partial charge in [0.15, 0.2) is 0 Å². The molecule has 0 radical (unpaired) electrons. The van der Waals surface area contributed by atoms with Gasteiger partial charge >= 0.3 is 6.03 Å². The number of urea groups is 1. The molecular formula is C16H19N3O2. The van der Waals surface area contributed by atoms with E-state index in [-0.39, 0.29) is 6.03 Å². The molecule has 5 heteroatoms. The Bertz CT molecular complexity index is 570. The number of anilines is 1. The van der Waals surface area contributed by atoms with Crippen LogP contribution in [0, 0.1) is 0 Å². The van der Waals surface area contributed by atoms with Crippen LogP contribution in [0.15, 0.2) is 48.8 Å². The van der Waals surface area contributed by atoms with Crippen LogP contribution in [0.3, 0.4) is 0 Å². The van der Waals surface area contributed by atoms with Crippen LogP contribution in [-0.4, -0.2) is 29.6 Å². The number of pyridine rings is 1. The molecule has 0 atom stereocenters. The van der Waals surface area contributed by atoms with E-state index in [1.807, 2.05) is 43.3 Å².